The maximum atomic E-state index is 3.59. The van der Waals surface area contributed by atoms with Crippen molar-refractivity contribution in [2.24, 2.45) is 0 Å². The van der Waals surface area contributed by atoms with E-state index in [0.717, 1.165) is 19.6 Å². The first-order chi connectivity index (χ1) is 10.2. The van der Waals surface area contributed by atoms with Gasteiger partial charge in [-0.15, -0.1) is 0 Å². The van der Waals surface area contributed by atoms with E-state index in [2.05, 4.69) is 85.6 Å². The highest BCUT2D eigenvalue weighted by atomic mass is 15.1. The highest BCUT2D eigenvalue weighted by Gasteiger charge is 2.06. The van der Waals surface area contributed by atoms with Gasteiger partial charge in [0.1, 0.15) is 0 Å². The Labute approximate surface area is 128 Å². The smallest absolute Gasteiger partial charge is 0.0375 e. The lowest BCUT2D eigenvalue weighted by atomic mass is 10.0. The van der Waals surface area contributed by atoms with Crippen LogP contribution >= 0.6 is 0 Å². The summed E-state index contributed by atoms with van der Waals surface area (Å²) in [4.78, 5) is 2.39. The number of hydrogen-bond donors (Lipinski definition) is 1. The second-order valence-electron chi connectivity index (χ2n) is 5.58. The molecule has 2 rings (SSSR count). The summed E-state index contributed by atoms with van der Waals surface area (Å²) in [6.07, 6.45) is 0. The second-order valence-corrected chi connectivity index (χ2v) is 5.58. The summed E-state index contributed by atoms with van der Waals surface area (Å²) in [6.45, 7) is 9.66. The van der Waals surface area contributed by atoms with E-state index in [4.69, 9.17) is 0 Å². The fourth-order valence-electron chi connectivity index (χ4n) is 2.60. The van der Waals surface area contributed by atoms with Gasteiger partial charge in [0.2, 0.25) is 0 Å². The van der Waals surface area contributed by atoms with Crippen LogP contribution in [0.1, 0.15) is 32.3 Å². The van der Waals surface area contributed by atoms with Crippen LogP contribution in [0, 0.1) is 0 Å². The molecule has 1 N–H and O–H groups in total. The van der Waals surface area contributed by atoms with Crippen molar-refractivity contribution in [1.82, 2.24) is 0 Å². The molecule has 0 amide bonds. The van der Waals surface area contributed by atoms with Crippen LogP contribution in [0.5, 0.6) is 0 Å². The quantitative estimate of drug-likeness (QED) is 0.788. The second kappa shape index (κ2) is 7.72. The number of likely N-dealkylation sites (N-methyl/N-ethyl adjacent to an activating group) is 1. The van der Waals surface area contributed by atoms with Crippen LogP contribution in [-0.2, 0) is 0 Å². The third-order valence-electron chi connectivity index (χ3n) is 3.78. The fourth-order valence-corrected chi connectivity index (χ4v) is 2.60. The molecule has 0 bridgehead atoms. The zero-order chi connectivity index (χ0) is 15.1. The molecule has 0 saturated heterocycles. The van der Waals surface area contributed by atoms with Gasteiger partial charge in [-0.2, -0.15) is 0 Å². The molecule has 2 heteroatoms. The summed E-state index contributed by atoms with van der Waals surface area (Å²) in [7, 11) is 0. The van der Waals surface area contributed by atoms with Gasteiger partial charge in [-0.25, -0.2) is 0 Å². The lowest BCUT2D eigenvalue weighted by molar-refractivity contribution is 0.828. The average Bonchev–Trinajstić information content (AvgIpc) is 2.52. The summed E-state index contributed by atoms with van der Waals surface area (Å²) in [5.41, 5.74) is 3.94. The molecule has 0 aliphatic heterocycles. The molecule has 2 aromatic carbocycles. The van der Waals surface area contributed by atoms with E-state index >= 15 is 0 Å². The molecule has 0 unspecified atom stereocenters. The van der Waals surface area contributed by atoms with E-state index in [1.807, 2.05) is 0 Å². The first-order valence-electron chi connectivity index (χ1n) is 7.85. The molecule has 0 atom stereocenters. The largest absolute Gasteiger partial charge is 0.383 e. The summed E-state index contributed by atoms with van der Waals surface area (Å²) >= 11 is 0. The van der Waals surface area contributed by atoms with Crippen molar-refractivity contribution in [3.8, 4) is 0 Å². The van der Waals surface area contributed by atoms with Crippen molar-refractivity contribution in [2.45, 2.75) is 26.7 Å². The van der Waals surface area contributed by atoms with Crippen LogP contribution in [-0.4, -0.2) is 19.6 Å². The average molecular weight is 282 g/mol. The lowest BCUT2D eigenvalue weighted by Crippen LogP contribution is -2.28. The van der Waals surface area contributed by atoms with Gasteiger partial charge in [-0.1, -0.05) is 50.2 Å². The zero-order valence-corrected chi connectivity index (χ0v) is 13.3. The van der Waals surface area contributed by atoms with Crippen LogP contribution in [0.3, 0.4) is 0 Å². The van der Waals surface area contributed by atoms with E-state index < -0.39 is 0 Å². The fraction of sp³-hybridized carbons (Fsp3) is 0.368. The third kappa shape index (κ3) is 4.25. The molecule has 21 heavy (non-hydrogen) atoms. The summed E-state index contributed by atoms with van der Waals surface area (Å²) < 4.78 is 0. The zero-order valence-electron chi connectivity index (χ0n) is 13.3. The molecular weight excluding hydrogens is 256 g/mol. The van der Waals surface area contributed by atoms with Crippen molar-refractivity contribution in [3.63, 3.8) is 0 Å². The summed E-state index contributed by atoms with van der Waals surface area (Å²) in [5.74, 6) is 0.546. The van der Waals surface area contributed by atoms with Gasteiger partial charge >= 0.3 is 0 Å². The maximum absolute atomic E-state index is 3.59. The Balaban J connectivity index is 1.95. The van der Waals surface area contributed by atoms with Gasteiger partial charge in [0.25, 0.3) is 0 Å². The Kier molecular flexibility index (Phi) is 5.68. The van der Waals surface area contributed by atoms with Crippen molar-refractivity contribution >= 4 is 11.4 Å². The Hall–Kier alpha value is -1.96. The number of benzene rings is 2. The lowest BCUT2D eigenvalue weighted by Gasteiger charge is -2.24. The first-order valence-corrected chi connectivity index (χ1v) is 7.85. The molecule has 0 radical (unpaired) electrons. The predicted molar refractivity (Wildman–Crippen MR) is 93.3 cm³/mol. The standard InChI is InChI=1S/C19H26N2/c1-4-21(17-10-6-5-7-11-17)15-14-20-19-13-9-8-12-18(19)16(2)3/h5-13,16,20H,4,14-15H2,1-3H3. The molecule has 112 valence electrons. The summed E-state index contributed by atoms with van der Waals surface area (Å²) in [6, 6.07) is 19.2. The number of para-hydroxylation sites is 2. The topological polar surface area (TPSA) is 15.3 Å². The highest BCUT2D eigenvalue weighted by molar-refractivity contribution is 5.53. The maximum Gasteiger partial charge on any atom is 0.0375 e. The molecule has 0 aliphatic carbocycles. The first kappa shape index (κ1) is 15.4. The van der Waals surface area contributed by atoms with Crippen LogP contribution in [0.25, 0.3) is 0 Å². The van der Waals surface area contributed by atoms with Crippen molar-refractivity contribution < 1.29 is 0 Å². The molecule has 0 aromatic heterocycles. The molecule has 0 fully saturated rings. The van der Waals surface area contributed by atoms with Crippen molar-refractivity contribution in [2.75, 3.05) is 29.9 Å². The van der Waals surface area contributed by atoms with E-state index in [0.29, 0.717) is 5.92 Å². The molecular formula is C19H26N2. The van der Waals surface area contributed by atoms with Gasteiger partial charge < -0.3 is 10.2 Å². The molecule has 0 spiro atoms. The van der Waals surface area contributed by atoms with Gasteiger partial charge in [0, 0.05) is 31.0 Å². The molecule has 2 aromatic rings. The monoisotopic (exact) mass is 282 g/mol. The van der Waals surface area contributed by atoms with Gasteiger partial charge in [0.05, 0.1) is 0 Å². The minimum atomic E-state index is 0.546. The Morgan fingerprint density at radius 2 is 1.62 bits per heavy atom. The van der Waals surface area contributed by atoms with Crippen LogP contribution in [0.4, 0.5) is 11.4 Å². The van der Waals surface area contributed by atoms with Crippen molar-refractivity contribution in [1.29, 1.82) is 0 Å². The van der Waals surface area contributed by atoms with Crippen LogP contribution in [0.15, 0.2) is 54.6 Å². The normalized spacial score (nSPS) is 10.7. The van der Waals surface area contributed by atoms with Crippen LogP contribution in [0.2, 0.25) is 0 Å². The van der Waals surface area contributed by atoms with Gasteiger partial charge in [-0.3, -0.25) is 0 Å². The Morgan fingerprint density at radius 1 is 0.952 bits per heavy atom. The summed E-state index contributed by atoms with van der Waals surface area (Å²) in [5, 5.41) is 3.59. The third-order valence-corrected chi connectivity index (χ3v) is 3.78. The Bertz CT molecular complexity index is 534. The van der Waals surface area contributed by atoms with Gasteiger partial charge in [0.15, 0.2) is 0 Å². The highest BCUT2D eigenvalue weighted by Crippen LogP contribution is 2.23. The number of anilines is 2. The van der Waals surface area contributed by atoms with Crippen molar-refractivity contribution in [3.05, 3.63) is 60.2 Å². The molecule has 0 aliphatic rings. The SMILES string of the molecule is CCN(CCNc1ccccc1C(C)C)c1ccccc1. The number of rotatable bonds is 7. The molecule has 0 heterocycles. The van der Waals surface area contributed by atoms with E-state index in [1.165, 1.54) is 16.9 Å². The minimum absolute atomic E-state index is 0.546. The number of nitrogens with one attached hydrogen (secondary N) is 1. The predicted octanol–water partition coefficient (Wildman–Crippen LogP) is 4.75. The molecule has 2 nitrogen and oxygen atoms in total. The number of nitrogens with zero attached hydrogens (tertiary/aromatic N) is 1. The van der Waals surface area contributed by atoms with E-state index in [9.17, 15) is 0 Å². The minimum Gasteiger partial charge on any atom is -0.383 e. The molecule has 0 saturated carbocycles. The van der Waals surface area contributed by atoms with E-state index in [-0.39, 0.29) is 0 Å². The van der Waals surface area contributed by atoms with E-state index in [1.54, 1.807) is 0 Å². The van der Waals surface area contributed by atoms with Gasteiger partial charge in [-0.05, 0) is 36.6 Å². The Morgan fingerprint density at radius 3 is 2.29 bits per heavy atom. The van der Waals surface area contributed by atoms with Crippen LogP contribution < -0.4 is 10.2 Å². The number of hydrogen-bond acceptors (Lipinski definition) is 2.